The van der Waals surface area contributed by atoms with Crippen LogP contribution in [0.25, 0.3) is 0 Å². The SMILES string of the molecule is C=C(C)C.COCC/C(=C/C(=O)O)C(=O)O. The monoisotopic (exact) mass is 230 g/mol. The third-order valence-corrected chi connectivity index (χ3v) is 1.15. The van der Waals surface area contributed by atoms with Crippen LogP contribution in [-0.4, -0.2) is 35.9 Å². The summed E-state index contributed by atoms with van der Waals surface area (Å²) in [6.07, 6.45) is 0.763. The summed E-state index contributed by atoms with van der Waals surface area (Å²) in [4.78, 5) is 20.5. The second-order valence-electron chi connectivity index (χ2n) is 3.26. The van der Waals surface area contributed by atoms with Gasteiger partial charge in [0.05, 0.1) is 6.61 Å². The van der Waals surface area contributed by atoms with E-state index in [-0.39, 0.29) is 18.6 Å². The molecule has 0 rings (SSSR count). The molecule has 0 saturated heterocycles. The van der Waals surface area contributed by atoms with Crippen molar-refractivity contribution in [2.45, 2.75) is 20.3 Å². The molecule has 0 aliphatic rings. The quantitative estimate of drug-likeness (QED) is 0.554. The van der Waals surface area contributed by atoms with Gasteiger partial charge < -0.3 is 14.9 Å². The summed E-state index contributed by atoms with van der Waals surface area (Å²) >= 11 is 0. The van der Waals surface area contributed by atoms with E-state index in [4.69, 9.17) is 10.2 Å². The van der Waals surface area contributed by atoms with E-state index in [1.807, 2.05) is 13.8 Å². The first-order chi connectivity index (χ1) is 7.31. The Morgan fingerprint density at radius 2 is 1.75 bits per heavy atom. The number of methoxy groups -OCH3 is 1. The van der Waals surface area contributed by atoms with Crippen LogP contribution in [0.5, 0.6) is 0 Å². The zero-order chi connectivity index (χ0) is 13.1. The summed E-state index contributed by atoms with van der Waals surface area (Å²) in [5, 5.41) is 16.7. The number of allylic oxidation sites excluding steroid dienone is 1. The zero-order valence-corrected chi connectivity index (χ0v) is 9.82. The molecule has 0 heterocycles. The van der Waals surface area contributed by atoms with E-state index >= 15 is 0 Å². The minimum Gasteiger partial charge on any atom is -0.478 e. The van der Waals surface area contributed by atoms with Gasteiger partial charge in [-0.05, 0) is 13.8 Å². The molecule has 0 unspecified atom stereocenters. The second-order valence-corrected chi connectivity index (χ2v) is 3.26. The topological polar surface area (TPSA) is 83.8 Å². The Labute approximate surface area is 95.0 Å². The minimum atomic E-state index is -1.26. The summed E-state index contributed by atoms with van der Waals surface area (Å²) in [6.45, 7) is 7.70. The van der Waals surface area contributed by atoms with Gasteiger partial charge in [-0.15, -0.1) is 6.58 Å². The van der Waals surface area contributed by atoms with E-state index in [9.17, 15) is 9.59 Å². The first kappa shape index (κ1) is 16.8. The van der Waals surface area contributed by atoms with Crippen LogP contribution in [0.15, 0.2) is 23.8 Å². The summed E-state index contributed by atoms with van der Waals surface area (Å²) in [6, 6.07) is 0. The number of rotatable bonds is 5. The van der Waals surface area contributed by atoms with Crippen LogP contribution in [0.1, 0.15) is 20.3 Å². The smallest absolute Gasteiger partial charge is 0.331 e. The van der Waals surface area contributed by atoms with Gasteiger partial charge in [0.15, 0.2) is 0 Å². The Balaban J connectivity index is 0. The number of aliphatic carboxylic acids is 2. The van der Waals surface area contributed by atoms with Crippen molar-refractivity contribution in [2.75, 3.05) is 13.7 Å². The van der Waals surface area contributed by atoms with Crippen molar-refractivity contribution in [2.24, 2.45) is 0 Å². The number of carboxylic acid groups (broad SMARTS) is 2. The Kier molecular flexibility index (Phi) is 10.4. The van der Waals surface area contributed by atoms with Crippen molar-refractivity contribution in [3.63, 3.8) is 0 Å². The Morgan fingerprint density at radius 3 is 2.00 bits per heavy atom. The molecule has 92 valence electrons. The first-order valence-electron chi connectivity index (χ1n) is 4.59. The van der Waals surface area contributed by atoms with E-state index < -0.39 is 11.9 Å². The molecule has 0 aromatic heterocycles. The fourth-order valence-corrected chi connectivity index (χ4v) is 0.602. The largest absolute Gasteiger partial charge is 0.478 e. The first-order valence-corrected chi connectivity index (χ1v) is 4.59. The summed E-state index contributed by atoms with van der Waals surface area (Å²) in [5.74, 6) is -2.49. The molecule has 0 aromatic rings. The molecule has 0 aromatic carbocycles. The Hall–Kier alpha value is -1.62. The summed E-state index contributed by atoms with van der Waals surface area (Å²) in [7, 11) is 1.42. The van der Waals surface area contributed by atoms with Crippen molar-refractivity contribution in [3.05, 3.63) is 23.8 Å². The molecule has 0 aliphatic carbocycles. The van der Waals surface area contributed by atoms with Gasteiger partial charge in [0.25, 0.3) is 0 Å². The molecule has 0 bridgehead atoms. The van der Waals surface area contributed by atoms with Crippen LogP contribution >= 0.6 is 0 Å². The lowest BCUT2D eigenvalue weighted by atomic mass is 10.2. The maximum absolute atomic E-state index is 10.4. The van der Waals surface area contributed by atoms with E-state index in [1.165, 1.54) is 12.7 Å². The molecular formula is C11H18O5. The molecule has 0 fully saturated rings. The van der Waals surface area contributed by atoms with Gasteiger partial charge in [-0.2, -0.15) is 0 Å². The lowest BCUT2D eigenvalue weighted by Gasteiger charge is -1.98. The average Bonchev–Trinajstić information content (AvgIpc) is 2.10. The minimum absolute atomic E-state index is 0.0954. The van der Waals surface area contributed by atoms with Gasteiger partial charge in [0.2, 0.25) is 0 Å². The van der Waals surface area contributed by atoms with Gasteiger partial charge in [-0.1, -0.05) is 5.57 Å². The molecular weight excluding hydrogens is 212 g/mol. The van der Waals surface area contributed by atoms with Crippen molar-refractivity contribution in [3.8, 4) is 0 Å². The predicted molar refractivity (Wildman–Crippen MR) is 60.3 cm³/mol. The van der Waals surface area contributed by atoms with Crippen LogP contribution in [0.3, 0.4) is 0 Å². The molecule has 0 aliphatic heterocycles. The van der Waals surface area contributed by atoms with Crippen molar-refractivity contribution in [1.29, 1.82) is 0 Å². The van der Waals surface area contributed by atoms with Crippen molar-refractivity contribution in [1.82, 2.24) is 0 Å². The third-order valence-electron chi connectivity index (χ3n) is 1.15. The Bertz CT molecular complexity index is 274. The van der Waals surface area contributed by atoms with Crippen LogP contribution in [-0.2, 0) is 14.3 Å². The number of hydrogen-bond donors (Lipinski definition) is 2. The molecule has 5 nitrogen and oxygen atoms in total. The molecule has 16 heavy (non-hydrogen) atoms. The fraction of sp³-hybridized carbons (Fsp3) is 0.455. The molecule has 0 spiro atoms. The highest BCUT2D eigenvalue weighted by molar-refractivity contribution is 5.94. The molecule has 0 radical (unpaired) electrons. The van der Waals surface area contributed by atoms with Crippen LogP contribution in [0.2, 0.25) is 0 Å². The molecule has 0 saturated carbocycles. The zero-order valence-electron chi connectivity index (χ0n) is 9.82. The van der Waals surface area contributed by atoms with E-state index in [2.05, 4.69) is 11.3 Å². The predicted octanol–water partition coefficient (Wildman–Crippen LogP) is 1.70. The van der Waals surface area contributed by atoms with E-state index in [0.717, 1.165) is 0 Å². The van der Waals surface area contributed by atoms with Gasteiger partial charge in [0.1, 0.15) is 0 Å². The maximum Gasteiger partial charge on any atom is 0.331 e. The summed E-state index contributed by atoms with van der Waals surface area (Å²) < 4.78 is 4.61. The lowest BCUT2D eigenvalue weighted by molar-refractivity contribution is -0.135. The molecule has 2 N–H and O–H groups in total. The van der Waals surface area contributed by atoms with Crippen LogP contribution in [0, 0.1) is 0 Å². The number of ether oxygens (including phenoxy) is 1. The van der Waals surface area contributed by atoms with E-state index in [1.54, 1.807) is 0 Å². The van der Waals surface area contributed by atoms with Gasteiger partial charge >= 0.3 is 11.9 Å². The summed E-state index contributed by atoms with van der Waals surface area (Å²) in [5.41, 5.74) is 1.00. The van der Waals surface area contributed by atoms with Crippen molar-refractivity contribution >= 4 is 11.9 Å². The maximum atomic E-state index is 10.4. The second kappa shape index (κ2) is 9.92. The van der Waals surface area contributed by atoms with Gasteiger partial charge in [-0.3, -0.25) is 0 Å². The lowest BCUT2D eigenvalue weighted by Crippen LogP contribution is -2.06. The van der Waals surface area contributed by atoms with Gasteiger partial charge in [0, 0.05) is 25.2 Å². The van der Waals surface area contributed by atoms with E-state index in [0.29, 0.717) is 6.08 Å². The number of carbonyl (C=O) groups is 2. The third kappa shape index (κ3) is 14.9. The van der Waals surface area contributed by atoms with Crippen LogP contribution < -0.4 is 0 Å². The fourth-order valence-electron chi connectivity index (χ4n) is 0.602. The molecule has 0 atom stereocenters. The standard InChI is InChI=1S/C7H10O5.C4H8/c1-12-3-2-5(7(10)11)4-6(8)9;1-4(2)3/h4H,2-3H2,1H3,(H,8,9)(H,10,11);1H2,2-3H3/b5-4-;. The molecule has 5 heteroatoms. The Morgan fingerprint density at radius 1 is 1.31 bits per heavy atom. The highest BCUT2D eigenvalue weighted by atomic mass is 16.5. The van der Waals surface area contributed by atoms with Crippen LogP contribution in [0.4, 0.5) is 0 Å². The molecule has 0 amide bonds. The van der Waals surface area contributed by atoms with Crippen molar-refractivity contribution < 1.29 is 24.5 Å². The number of carboxylic acids is 2. The van der Waals surface area contributed by atoms with Gasteiger partial charge in [-0.25, -0.2) is 9.59 Å². The highest BCUT2D eigenvalue weighted by Crippen LogP contribution is 2.01. The highest BCUT2D eigenvalue weighted by Gasteiger charge is 2.08. The number of hydrogen-bond acceptors (Lipinski definition) is 3. The average molecular weight is 230 g/mol. The normalized spacial score (nSPS) is 10.1.